The Morgan fingerprint density at radius 1 is 0.963 bits per heavy atom. The Balaban J connectivity index is 1.29. The summed E-state index contributed by atoms with van der Waals surface area (Å²) in [6.07, 6.45) is 10.5. The Labute approximate surface area is 160 Å². The Kier molecular flexibility index (Phi) is 5.23. The normalized spacial score (nSPS) is 21.0. The first-order valence-corrected chi connectivity index (χ1v) is 10.2. The lowest BCUT2D eigenvalue weighted by Crippen LogP contribution is -2.40. The van der Waals surface area contributed by atoms with Crippen LogP contribution in [0, 0.1) is 5.92 Å². The molecule has 6 heteroatoms. The van der Waals surface area contributed by atoms with Crippen LogP contribution in [0.4, 0.5) is 5.69 Å². The molecule has 4 rings (SSSR count). The number of fused-ring (bicyclic) bond motifs is 1. The molecular weight excluding hydrogens is 344 g/mol. The van der Waals surface area contributed by atoms with Crippen molar-refractivity contribution in [2.45, 2.75) is 70.0 Å². The molecule has 2 saturated carbocycles. The fourth-order valence-corrected chi connectivity index (χ4v) is 4.35. The standard InChI is InChI=1S/C21H28N2O4/c24-19(14-22-20(25)15-7-3-1-4-8-15)23-16-9-10-17-18(13-16)27-21(26-17)11-5-2-6-12-21/h9-10,13,15H,1-8,11-12,14H2,(H,22,25)(H,23,24). The monoisotopic (exact) mass is 372 g/mol. The van der Waals surface area contributed by atoms with Crippen LogP contribution >= 0.6 is 0 Å². The molecular formula is C21H28N2O4. The van der Waals surface area contributed by atoms with Gasteiger partial charge in [0, 0.05) is 30.5 Å². The van der Waals surface area contributed by atoms with Gasteiger partial charge in [0.25, 0.3) is 5.79 Å². The van der Waals surface area contributed by atoms with Crippen LogP contribution < -0.4 is 20.1 Å². The molecule has 0 radical (unpaired) electrons. The Hall–Kier alpha value is -2.24. The second kappa shape index (κ2) is 7.79. The van der Waals surface area contributed by atoms with Crippen LogP contribution in [0.2, 0.25) is 0 Å². The molecule has 0 saturated heterocycles. The lowest BCUT2D eigenvalue weighted by atomic mass is 9.89. The van der Waals surface area contributed by atoms with Crippen LogP contribution in [0.1, 0.15) is 64.2 Å². The summed E-state index contributed by atoms with van der Waals surface area (Å²) >= 11 is 0. The van der Waals surface area contributed by atoms with Crippen LogP contribution in [-0.2, 0) is 9.59 Å². The van der Waals surface area contributed by atoms with Gasteiger partial charge in [-0.2, -0.15) is 0 Å². The number of hydrogen-bond acceptors (Lipinski definition) is 4. The molecule has 3 aliphatic rings. The minimum Gasteiger partial charge on any atom is -0.448 e. The summed E-state index contributed by atoms with van der Waals surface area (Å²) in [5, 5.41) is 5.60. The molecule has 146 valence electrons. The second-order valence-electron chi connectivity index (χ2n) is 7.94. The third kappa shape index (κ3) is 4.20. The van der Waals surface area contributed by atoms with E-state index in [4.69, 9.17) is 9.47 Å². The number of amides is 2. The minimum atomic E-state index is -0.517. The van der Waals surface area contributed by atoms with E-state index in [2.05, 4.69) is 10.6 Å². The predicted octanol–water partition coefficient (Wildman–Crippen LogP) is 3.75. The number of carbonyl (C=O) groups excluding carboxylic acids is 2. The van der Waals surface area contributed by atoms with Gasteiger partial charge in [-0.3, -0.25) is 9.59 Å². The number of nitrogens with one attached hydrogen (secondary N) is 2. The summed E-state index contributed by atoms with van der Waals surface area (Å²) in [6, 6.07) is 5.46. The van der Waals surface area contributed by atoms with E-state index in [1.165, 1.54) is 12.8 Å². The molecule has 1 heterocycles. The van der Waals surface area contributed by atoms with E-state index in [0.29, 0.717) is 11.4 Å². The van der Waals surface area contributed by atoms with E-state index in [0.717, 1.165) is 57.1 Å². The summed E-state index contributed by atoms with van der Waals surface area (Å²) in [5.74, 6) is 0.724. The number of hydrogen-bond donors (Lipinski definition) is 2. The van der Waals surface area contributed by atoms with Crippen LogP contribution in [-0.4, -0.2) is 24.1 Å². The van der Waals surface area contributed by atoms with E-state index < -0.39 is 5.79 Å². The molecule has 0 bridgehead atoms. The van der Waals surface area contributed by atoms with E-state index in [-0.39, 0.29) is 24.3 Å². The van der Waals surface area contributed by atoms with E-state index >= 15 is 0 Å². The van der Waals surface area contributed by atoms with E-state index in [1.54, 1.807) is 6.07 Å². The first-order valence-electron chi connectivity index (χ1n) is 10.2. The average molecular weight is 372 g/mol. The summed E-state index contributed by atoms with van der Waals surface area (Å²) in [6.45, 7) is -0.00624. The van der Waals surface area contributed by atoms with Crippen molar-refractivity contribution in [1.82, 2.24) is 5.32 Å². The minimum absolute atomic E-state index is 0.00484. The van der Waals surface area contributed by atoms with Crippen LogP contribution in [0.5, 0.6) is 11.5 Å². The zero-order valence-corrected chi connectivity index (χ0v) is 15.7. The molecule has 2 N–H and O–H groups in total. The van der Waals surface area contributed by atoms with Gasteiger partial charge in [0.05, 0.1) is 6.54 Å². The Morgan fingerprint density at radius 3 is 2.44 bits per heavy atom. The van der Waals surface area contributed by atoms with Gasteiger partial charge in [-0.05, 0) is 37.8 Å². The van der Waals surface area contributed by atoms with Gasteiger partial charge in [-0.15, -0.1) is 0 Å². The fraction of sp³-hybridized carbons (Fsp3) is 0.619. The molecule has 1 spiro atoms. The lowest BCUT2D eigenvalue weighted by molar-refractivity contribution is -0.128. The maximum atomic E-state index is 12.2. The number of carbonyl (C=O) groups is 2. The first kappa shape index (κ1) is 18.1. The van der Waals surface area contributed by atoms with Crippen molar-refractivity contribution in [2.75, 3.05) is 11.9 Å². The molecule has 0 unspecified atom stereocenters. The van der Waals surface area contributed by atoms with Crippen molar-refractivity contribution in [2.24, 2.45) is 5.92 Å². The summed E-state index contributed by atoms with van der Waals surface area (Å²) < 4.78 is 12.1. The number of benzene rings is 1. The molecule has 2 fully saturated rings. The number of anilines is 1. The maximum Gasteiger partial charge on any atom is 0.251 e. The van der Waals surface area contributed by atoms with Gasteiger partial charge < -0.3 is 20.1 Å². The van der Waals surface area contributed by atoms with Crippen LogP contribution in [0.25, 0.3) is 0 Å². The van der Waals surface area contributed by atoms with Gasteiger partial charge in [0.2, 0.25) is 11.8 Å². The van der Waals surface area contributed by atoms with Crippen LogP contribution in [0.3, 0.4) is 0 Å². The van der Waals surface area contributed by atoms with Gasteiger partial charge >= 0.3 is 0 Å². The number of ether oxygens (including phenoxy) is 2. The lowest BCUT2D eigenvalue weighted by Gasteiger charge is -2.31. The average Bonchev–Trinajstić information content (AvgIpc) is 3.03. The summed E-state index contributed by atoms with van der Waals surface area (Å²) in [4.78, 5) is 24.3. The Bertz CT molecular complexity index is 706. The molecule has 2 aliphatic carbocycles. The van der Waals surface area contributed by atoms with Crippen LogP contribution in [0.15, 0.2) is 18.2 Å². The highest BCUT2D eigenvalue weighted by Crippen LogP contribution is 2.46. The second-order valence-corrected chi connectivity index (χ2v) is 7.94. The highest BCUT2D eigenvalue weighted by atomic mass is 16.7. The molecule has 2 amide bonds. The van der Waals surface area contributed by atoms with Gasteiger partial charge in [-0.25, -0.2) is 0 Å². The first-order chi connectivity index (χ1) is 13.1. The smallest absolute Gasteiger partial charge is 0.251 e. The quantitative estimate of drug-likeness (QED) is 0.844. The Morgan fingerprint density at radius 2 is 1.67 bits per heavy atom. The molecule has 27 heavy (non-hydrogen) atoms. The van der Waals surface area contributed by atoms with E-state index in [1.807, 2.05) is 12.1 Å². The third-order valence-corrected chi connectivity index (χ3v) is 5.83. The fourth-order valence-electron chi connectivity index (χ4n) is 4.35. The highest BCUT2D eigenvalue weighted by molar-refractivity contribution is 5.95. The third-order valence-electron chi connectivity index (χ3n) is 5.83. The SMILES string of the molecule is O=C(CNC(=O)C1CCCCC1)Nc1ccc2c(c1)OC1(CCCCC1)O2. The number of rotatable bonds is 4. The van der Waals surface area contributed by atoms with Gasteiger partial charge in [-0.1, -0.05) is 25.7 Å². The topological polar surface area (TPSA) is 76.7 Å². The molecule has 0 aromatic heterocycles. The van der Waals surface area contributed by atoms with Gasteiger partial charge in [0.15, 0.2) is 11.5 Å². The largest absolute Gasteiger partial charge is 0.448 e. The highest BCUT2D eigenvalue weighted by Gasteiger charge is 2.42. The van der Waals surface area contributed by atoms with Crippen molar-refractivity contribution < 1.29 is 19.1 Å². The summed E-state index contributed by atoms with van der Waals surface area (Å²) in [5.41, 5.74) is 0.655. The zero-order chi connectivity index (χ0) is 18.7. The molecule has 0 atom stereocenters. The molecule has 1 aromatic carbocycles. The van der Waals surface area contributed by atoms with Crippen molar-refractivity contribution >= 4 is 17.5 Å². The van der Waals surface area contributed by atoms with Gasteiger partial charge in [0.1, 0.15) is 0 Å². The van der Waals surface area contributed by atoms with Crippen molar-refractivity contribution in [3.8, 4) is 11.5 Å². The van der Waals surface area contributed by atoms with Crippen molar-refractivity contribution in [1.29, 1.82) is 0 Å². The van der Waals surface area contributed by atoms with E-state index in [9.17, 15) is 9.59 Å². The van der Waals surface area contributed by atoms with Crippen molar-refractivity contribution in [3.63, 3.8) is 0 Å². The summed E-state index contributed by atoms with van der Waals surface area (Å²) in [7, 11) is 0. The molecule has 1 aromatic rings. The van der Waals surface area contributed by atoms with Crippen molar-refractivity contribution in [3.05, 3.63) is 18.2 Å². The zero-order valence-electron chi connectivity index (χ0n) is 15.7. The maximum absolute atomic E-state index is 12.2. The molecule has 6 nitrogen and oxygen atoms in total. The molecule has 1 aliphatic heterocycles. The predicted molar refractivity (Wildman–Crippen MR) is 102 cm³/mol.